The number of likely N-dealkylation sites (N-methyl/N-ethyl adjacent to an activating group) is 2. The lowest BCUT2D eigenvalue weighted by molar-refractivity contribution is -0.135. The van der Waals surface area contributed by atoms with E-state index in [4.69, 9.17) is 9.84 Å². The van der Waals surface area contributed by atoms with Crippen LogP contribution in [0.3, 0.4) is 0 Å². The van der Waals surface area contributed by atoms with Crippen LogP contribution < -0.4 is 5.32 Å². The first kappa shape index (κ1) is 27.1. The number of aliphatic hydroxyl groups excluding tert-OH is 1. The Morgan fingerprint density at radius 2 is 1.61 bits per heavy atom. The second kappa shape index (κ2) is 13.6. The maximum atomic E-state index is 12.8. The fraction of sp³-hybridized carbons (Fsp3) is 0.414. The van der Waals surface area contributed by atoms with Gasteiger partial charge >= 0.3 is 0 Å². The van der Waals surface area contributed by atoms with Crippen molar-refractivity contribution in [2.75, 3.05) is 33.9 Å². The molecule has 1 atom stereocenters. The number of amides is 2. The molecule has 1 fully saturated rings. The number of benzene rings is 2. The summed E-state index contributed by atoms with van der Waals surface area (Å²) >= 11 is 0. The van der Waals surface area contributed by atoms with E-state index >= 15 is 0 Å². The molecule has 190 valence electrons. The molecule has 0 spiro atoms. The van der Waals surface area contributed by atoms with Gasteiger partial charge in [0.2, 0.25) is 5.91 Å². The van der Waals surface area contributed by atoms with Crippen LogP contribution in [0.1, 0.15) is 52.7 Å². The average Bonchev–Trinajstić information content (AvgIpc) is 2.92. The molecule has 2 amide bonds. The SMILES string of the molecule is CNC(=O)C(C(=O)CO)N(C)C(=O)c1ccc(C#Cc2ccc(CCCC3CCOCC3)cc2)cc1. The molecule has 0 aliphatic carbocycles. The molecular formula is C29H34N2O5. The van der Waals surface area contributed by atoms with E-state index in [0.717, 1.165) is 41.6 Å². The number of aliphatic hydroxyl groups is 1. The lowest BCUT2D eigenvalue weighted by atomic mass is 9.93. The average molecular weight is 491 g/mol. The Morgan fingerprint density at radius 3 is 2.17 bits per heavy atom. The third-order valence-electron chi connectivity index (χ3n) is 6.52. The van der Waals surface area contributed by atoms with Gasteiger partial charge in [0, 0.05) is 44.0 Å². The highest BCUT2D eigenvalue weighted by atomic mass is 16.5. The largest absolute Gasteiger partial charge is 0.388 e. The molecule has 2 aromatic carbocycles. The minimum Gasteiger partial charge on any atom is -0.388 e. The molecule has 2 aromatic rings. The number of nitrogens with one attached hydrogen (secondary N) is 1. The molecule has 1 unspecified atom stereocenters. The third-order valence-corrected chi connectivity index (χ3v) is 6.52. The number of aryl methyl sites for hydroxylation is 1. The molecule has 7 heteroatoms. The van der Waals surface area contributed by atoms with Crippen LogP contribution in [0.15, 0.2) is 48.5 Å². The van der Waals surface area contributed by atoms with E-state index in [0.29, 0.717) is 5.56 Å². The minimum atomic E-state index is -1.39. The zero-order valence-corrected chi connectivity index (χ0v) is 21.0. The van der Waals surface area contributed by atoms with E-state index in [1.807, 2.05) is 12.1 Å². The van der Waals surface area contributed by atoms with Crippen LogP contribution in [0, 0.1) is 17.8 Å². The molecule has 7 nitrogen and oxygen atoms in total. The fourth-order valence-electron chi connectivity index (χ4n) is 4.31. The molecule has 0 aromatic heterocycles. The van der Waals surface area contributed by atoms with Crippen LogP contribution in [-0.2, 0) is 20.7 Å². The molecule has 0 radical (unpaired) electrons. The summed E-state index contributed by atoms with van der Waals surface area (Å²) in [4.78, 5) is 37.8. The van der Waals surface area contributed by atoms with Gasteiger partial charge in [-0.3, -0.25) is 14.4 Å². The molecular weight excluding hydrogens is 456 g/mol. The van der Waals surface area contributed by atoms with Gasteiger partial charge < -0.3 is 20.1 Å². The number of ether oxygens (including phenoxy) is 1. The van der Waals surface area contributed by atoms with Crippen LogP contribution >= 0.6 is 0 Å². The highest BCUT2D eigenvalue weighted by Crippen LogP contribution is 2.21. The lowest BCUT2D eigenvalue weighted by Crippen LogP contribution is -2.52. The van der Waals surface area contributed by atoms with Crippen LogP contribution in [0.5, 0.6) is 0 Å². The minimum absolute atomic E-state index is 0.313. The maximum absolute atomic E-state index is 12.8. The predicted octanol–water partition coefficient (Wildman–Crippen LogP) is 2.58. The van der Waals surface area contributed by atoms with Gasteiger partial charge in [-0.25, -0.2) is 0 Å². The molecule has 3 rings (SSSR count). The van der Waals surface area contributed by atoms with Crippen molar-refractivity contribution < 1.29 is 24.2 Å². The second-order valence-electron chi connectivity index (χ2n) is 9.03. The Balaban J connectivity index is 1.56. The number of ketones is 1. The van der Waals surface area contributed by atoms with E-state index < -0.39 is 30.2 Å². The van der Waals surface area contributed by atoms with Crippen molar-refractivity contribution >= 4 is 17.6 Å². The summed E-state index contributed by atoms with van der Waals surface area (Å²) in [5.41, 5.74) is 3.28. The van der Waals surface area contributed by atoms with Crippen molar-refractivity contribution in [3.05, 3.63) is 70.8 Å². The van der Waals surface area contributed by atoms with Gasteiger partial charge in [0.25, 0.3) is 5.91 Å². The Kier molecular flexibility index (Phi) is 10.2. The molecule has 1 saturated heterocycles. The molecule has 36 heavy (non-hydrogen) atoms. The number of nitrogens with zero attached hydrogens (tertiary/aromatic N) is 1. The van der Waals surface area contributed by atoms with Crippen LogP contribution in [0.2, 0.25) is 0 Å². The first-order valence-electron chi connectivity index (χ1n) is 12.3. The van der Waals surface area contributed by atoms with Gasteiger partial charge in [0.1, 0.15) is 6.61 Å². The van der Waals surface area contributed by atoms with Crippen molar-refractivity contribution in [2.45, 2.75) is 38.1 Å². The molecule has 0 saturated carbocycles. The standard InChI is InChI=1S/C29H34N2O5/c1-30-28(34)27(26(33)20-32)31(2)29(35)25-14-12-24(13-15-25)11-10-23-8-6-21(7-9-23)4-3-5-22-16-18-36-19-17-22/h6-9,12-15,22,27,32H,3-5,16-20H2,1-2H3,(H,30,34). The quantitative estimate of drug-likeness (QED) is 0.416. The highest BCUT2D eigenvalue weighted by molar-refractivity contribution is 6.10. The van der Waals surface area contributed by atoms with Gasteiger partial charge in [0.15, 0.2) is 11.8 Å². The van der Waals surface area contributed by atoms with Gasteiger partial charge in [-0.2, -0.15) is 0 Å². The summed E-state index contributed by atoms with van der Waals surface area (Å²) in [6.45, 7) is 0.970. The van der Waals surface area contributed by atoms with Crippen molar-refractivity contribution in [3.8, 4) is 11.8 Å². The highest BCUT2D eigenvalue weighted by Gasteiger charge is 2.32. The van der Waals surface area contributed by atoms with E-state index in [1.54, 1.807) is 24.3 Å². The summed E-state index contributed by atoms with van der Waals surface area (Å²) in [5, 5.41) is 11.5. The van der Waals surface area contributed by atoms with Crippen molar-refractivity contribution in [1.29, 1.82) is 0 Å². The monoisotopic (exact) mass is 490 g/mol. The Labute approximate surface area is 212 Å². The zero-order chi connectivity index (χ0) is 25.9. The van der Waals surface area contributed by atoms with Crippen LogP contribution in [0.25, 0.3) is 0 Å². The number of hydrogen-bond acceptors (Lipinski definition) is 5. The van der Waals surface area contributed by atoms with Gasteiger partial charge in [0.05, 0.1) is 0 Å². The maximum Gasteiger partial charge on any atom is 0.254 e. The normalized spacial score (nSPS) is 14.3. The molecule has 1 aliphatic rings. The number of rotatable bonds is 9. The molecule has 1 heterocycles. The molecule has 2 N–H and O–H groups in total. The van der Waals surface area contributed by atoms with E-state index in [-0.39, 0.29) is 0 Å². The summed E-state index contributed by atoms with van der Waals surface area (Å²) in [5.74, 6) is 5.14. The third kappa shape index (κ3) is 7.51. The Bertz CT molecular complexity index is 1080. The zero-order valence-electron chi connectivity index (χ0n) is 21.0. The van der Waals surface area contributed by atoms with E-state index in [1.165, 1.54) is 45.3 Å². The first-order chi connectivity index (χ1) is 17.4. The summed E-state index contributed by atoms with van der Waals surface area (Å²) in [6.07, 6.45) is 5.87. The summed E-state index contributed by atoms with van der Waals surface area (Å²) in [7, 11) is 2.73. The summed E-state index contributed by atoms with van der Waals surface area (Å²) < 4.78 is 5.43. The van der Waals surface area contributed by atoms with E-state index in [2.05, 4.69) is 29.3 Å². The Hall–Kier alpha value is -3.47. The van der Waals surface area contributed by atoms with Gasteiger partial charge in [-0.05, 0) is 80.0 Å². The second-order valence-corrected chi connectivity index (χ2v) is 9.03. The first-order valence-corrected chi connectivity index (χ1v) is 12.3. The van der Waals surface area contributed by atoms with Crippen LogP contribution in [-0.4, -0.2) is 67.6 Å². The van der Waals surface area contributed by atoms with Crippen LogP contribution in [0.4, 0.5) is 0 Å². The van der Waals surface area contributed by atoms with Crippen molar-refractivity contribution in [1.82, 2.24) is 10.2 Å². The number of Topliss-reactive ketones (excluding diaryl/α,β-unsaturated/α-hetero) is 1. The topological polar surface area (TPSA) is 95.9 Å². The van der Waals surface area contributed by atoms with Gasteiger partial charge in [-0.1, -0.05) is 24.0 Å². The van der Waals surface area contributed by atoms with Gasteiger partial charge in [-0.15, -0.1) is 0 Å². The number of hydrogen-bond donors (Lipinski definition) is 2. The Morgan fingerprint density at radius 1 is 1.03 bits per heavy atom. The smallest absolute Gasteiger partial charge is 0.254 e. The fourth-order valence-corrected chi connectivity index (χ4v) is 4.31. The van der Waals surface area contributed by atoms with E-state index in [9.17, 15) is 14.4 Å². The van der Waals surface area contributed by atoms with Crippen molar-refractivity contribution in [2.24, 2.45) is 5.92 Å². The number of carbonyl (C=O) groups excluding carboxylic acids is 3. The lowest BCUT2D eigenvalue weighted by Gasteiger charge is -2.25. The predicted molar refractivity (Wildman–Crippen MR) is 137 cm³/mol. The molecule has 1 aliphatic heterocycles. The summed E-state index contributed by atoms with van der Waals surface area (Å²) in [6, 6.07) is 13.6. The molecule has 0 bridgehead atoms. The number of carbonyl (C=O) groups is 3. The van der Waals surface area contributed by atoms with Crippen molar-refractivity contribution in [3.63, 3.8) is 0 Å².